The Kier molecular flexibility index (Phi) is 5.53. The number of hydrogen-bond donors (Lipinski definition) is 0. The molecule has 1 saturated carbocycles. The summed E-state index contributed by atoms with van der Waals surface area (Å²) in [5, 5.41) is 5.52. The number of carbonyl (C=O) groups is 1. The number of aromatic nitrogens is 1. The zero-order valence-corrected chi connectivity index (χ0v) is 21.3. The molecule has 0 amide bonds. The van der Waals surface area contributed by atoms with Crippen LogP contribution < -0.4 is 9.80 Å². The van der Waals surface area contributed by atoms with E-state index in [1.165, 1.54) is 38.5 Å². The molecular weight excluding hydrogens is 448 g/mol. The fraction of sp³-hybridized carbons (Fsp3) is 0.533. The number of anilines is 2. The predicted octanol–water partition coefficient (Wildman–Crippen LogP) is 5.73. The van der Waals surface area contributed by atoms with Crippen LogP contribution in [0.3, 0.4) is 0 Å². The van der Waals surface area contributed by atoms with Gasteiger partial charge in [-0.1, -0.05) is 55.6 Å². The Morgan fingerprint density at radius 3 is 2.42 bits per heavy atom. The number of rotatable bonds is 3. The summed E-state index contributed by atoms with van der Waals surface area (Å²) in [6.45, 7) is 8.48. The fourth-order valence-corrected chi connectivity index (χ4v) is 7.20. The van der Waals surface area contributed by atoms with Crippen molar-refractivity contribution in [2.24, 2.45) is 5.92 Å². The van der Waals surface area contributed by atoms with Gasteiger partial charge in [-0.05, 0) is 37.7 Å². The summed E-state index contributed by atoms with van der Waals surface area (Å²) in [5.41, 5.74) is 5.44. The van der Waals surface area contributed by atoms with Gasteiger partial charge in [-0.15, -0.1) is 0 Å². The zero-order chi connectivity index (χ0) is 24.2. The van der Waals surface area contributed by atoms with E-state index < -0.39 is 0 Å². The number of nitrogens with zero attached hydrogens (tertiary/aromatic N) is 4. The second-order valence-corrected chi connectivity index (χ2v) is 11.4. The highest BCUT2D eigenvalue weighted by atomic mass is 16.5. The van der Waals surface area contributed by atoms with Crippen LogP contribution in [0.15, 0.2) is 34.9 Å². The molecule has 1 unspecified atom stereocenters. The third-order valence-corrected chi connectivity index (χ3v) is 9.10. The summed E-state index contributed by atoms with van der Waals surface area (Å²) >= 11 is 0. The Hall–Kier alpha value is -2.86. The van der Waals surface area contributed by atoms with Crippen LogP contribution in [0.25, 0.3) is 22.2 Å². The number of fused-ring (bicyclic) bond motifs is 2. The van der Waals surface area contributed by atoms with E-state index in [1.807, 2.05) is 24.3 Å². The Labute approximate surface area is 213 Å². The lowest BCUT2D eigenvalue weighted by molar-refractivity contribution is 0.104. The van der Waals surface area contributed by atoms with Crippen LogP contribution >= 0.6 is 0 Å². The highest BCUT2D eigenvalue weighted by molar-refractivity contribution is 6.28. The van der Waals surface area contributed by atoms with Crippen LogP contribution in [0.4, 0.5) is 11.4 Å². The molecule has 2 aliphatic carbocycles. The van der Waals surface area contributed by atoms with E-state index in [0.717, 1.165) is 96.5 Å². The van der Waals surface area contributed by atoms with Gasteiger partial charge in [0.25, 0.3) is 0 Å². The normalized spacial score (nSPS) is 23.4. The second kappa shape index (κ2) is 8.91. The molecular formula is C30H36N4O2. The van der Waals surface area contributed by atoms with Crippen molar-refractivity contribution in [1.29, 1.82) is 0 Å². The maximum Gasteiger partial charge on any atom is 0.196 e. The maximum absolute atomic E-state index is 13.9. The third-order valence-electron chi connectivity index (χ3n) is 9.10. The molecule has 6 nitrogen and oxygen atoms in total. The molecule has 7 rings (SSSR count). The minimum Gasteiger partial charge on any atom is -0.371 e. The van der Waals surface area contributed by atoms with Gasteiger partial charge in [-0.25, -0.2) is 0 Å². The number of piperazine rings is 1. The molecule has 188 valence electrons. The first-order valence-electron chi connectivity index (χ1n) is 14.0. The molecule has 2 aromatic carbocycles. The molecule has 0 bridgehead atoms. The van der Waals surface area contributed by atoms with E-state index in [4.69, 9.17) is 4.52 Å². The lowest BCUT2D eigenvalue weighted by Crippen LogP contribution is -2.51. The van der Waals surface area contributed by atoms with Crippen LogP contribution in [-0.2, 0) is 0 Å². The van der Waals surface area contributed by atoms with Gasteiger partial charge in [0.05, 0.1) is 22.3 Å². The average Bonchev–Trinajstić information content (AvgIpc) is 3.37. The highest BCUT2D eigenvalue weighted by Gasteiger charge is 2.36. The van der Waals surface area contributed by atoms with Crippen molar-refractivity contribution < 1.29 is 9.32 Å². The van der Waals surface area contributed by atoms with Gasteiger partial charge in [-0.3, -0.25) is 9.69 Å². The highest BCUT2D eigenvalue weighted by Crippen LogP contribution is 2.47. The summed E-state index contributed by atoms with van der Waals surface area (Å²) in [7, 11) is 0. The first kappa shape index (κ1) is 22.3. The zero-order valence-electron chi connectivity index (χ0n) is 21.3. The molecule has 6 heteroatoms. The second-order valence-electron chi connectivity index (χ2n) is 11.4. The van der Waals surface area contributed by atoms with Gasteiger partial charge in [0.2, 0.25) is 0 Å². The molecule has 0 spiro atoms. The van der Waals surface area contributed by atoms with E-state index in [-0.39, 0.29) is 5.78 Å². The summed E-state index contributed by atoms with van der Waals surface area (Å²) in [4.78, 5) is 21.6. The van der Waals surface area contributed by atoms with E-state index >= 15 is 0 Å². The lowest BCUT2D eigenvalue weighted by atomic mass is 9.85. The van der Waals surface area contributed by atoms with Crippen LogP contribution in [-0.4, -0.2) is 61.2 Å². The Morgan fingerprint density at radius 2 is 1.64 bits per heavy atom. The number of ketones is 1. The van der Waals surface area contributed by atoms with Gasteiger partial charge in [0, 0.05) is 56.4 Å². The molecule has 0 N–H and O–H groups in total. The van der Waals surface area contributed by atoms with Crippen molar-refractivity contribution in [2.75, 3.05) is 49.1 Å². The number of carbonyl (C=O) groups excluding carboxylic acids is 1. The predicted molar refractivity (Wildman–Crippen MR) is 144 cm³/mol. The summed E-state index contributed by atoms with van der Waals surface area (Å²) in [6, 6.07) is 10.9. The van der Waals surface area contributed by atoms with Crippen molar-refractivity contribution in [2.45, 2.75) is 57.9 Å². The van der Waals surface area contributed by atoms with Gasteiger partial charge >= 0.3 is 0 Å². The SMILES string of the molecule is CC1CCCN(c2cc(N3CCN(C4CCCCC4)CC3)c3noc4c3c2C(=O)c2ccccc2-4)C1. The summed E-state index contributed by atoms with van der Waals surface area (Å²) in [5.74, 6) is 1.48. The van der Waals surface area contributed by atoms with E-state index in [2.05, 4.69) is 32.8 Å². The molecule has 2 saturated heterocycles. The molecule has 3 aromatic rings. The standard InChI is InChI=1S/C30H36N4O2/c1-20-8-7-13-34(19-20)24-18-25(33-16-14-32(15-17-33)21-9-3-2-4-10-21)28-27-26(24)29(35)22-11-5-6-12-23(22)30(27)36-31-28/h5-6,11-12,18,20-21H,2-4,7-10,13-17,19H2,1H3. The van der Waals surface area contributed by atoms with Crippen LogP contribution in [0.2, 0.25) is 0 Å². The van der Waals surface area contributed by atoms with Crippen molar-refractivity contribution in [3.8, 4) is 11.3 Å². The molecule has 36 heavy (non-hydrogen) atoms. The van der Waals surface area contributed by atoms with Crippen LogP contribution in [0, 0.1) is 5.92 Å². The first-order chi connectivity index (χ1) is 17.7. The Balaban J connectivity index is 1.32. The summed E-state index contributed by atoms with van der Waals surface area (Å²) < 4.78 is 6.02. The van der Waals surface area contributed by atoms with Gasteiger partial charge in [0.1, 0.15) is 5.52 Å². The van der Waals surface area contributed by atoms with Crippen LogP contribution in [0.5, 0.6) is 0 Å². The number of hydrogen-bond acceptors (Lipinski definition) is 6. The molecule has 1 aromatic heterocycles. The minimum atomic E-state index is 0.105. The quantitative estimate of drug-likeness (QED) is 0.370. The number of benzene rings is 2. The van der Waals surface area contributed by atoms with Gasteiger partial charge in [-0.2, -0.15) is 0 Å². The molecule has 0 radical (unpaired) electrons. The monoisotopic (exact) mass is 484 g/mol. The average molecular weight is 485 g/mol. The molecule has 4 aliphatic rings. The van der Waals surface area contributed by atoms with E-state index in [9.17, 15) is 4.79 Å². The van der Waals surface area contributed by atoms with Crippen molar-refractivity contribution in [3.05, 3.63) is 41.5 Å². The molecule has 3 heterocycles. The molecule has 1 atom stereocenters. The van der Waals surface area contributed by atoms with Crippen molar-refractivity contribution in [3.63, 3.8) is 0 Å². The fourth-order valence-electron chi connectivity index (χ4n) is 7.20. The van der Waals surface area contributed by atoms with E-state index in [1.54, 1.807) is 0 Å². The first-order valence-corrected chi connectivity index (χ1v) is 14.0. The third kappa shape index (κ3) is 3.56. The van der Waals surface area contributed by atoms with Gasteiger partial charge in [0.15, 0.2) is 11.5 Å². The topological polar surface area (TPSA) is 52.8 Å². The maximum atomic E-state index is 13.9. The Morgan fingerprint density at radius 1 is 0.861 bits per heavy atom. The van der Waals surface area contributed by atoms with E-state index in [0.29, 0.717) is 5.92 Å². The van der Waals surface area contributed by atoms with Crippen molar-refractivity contribution in [1.82, 2.24) is 10.1 Å². The van der Waals surface area contributed by atoms with Crippen molar-refractivity contribution >= 4 is 28.1 Å². The van der Waals surface area contributed by atoms with Gasteiger partial charge < -0.3 is 14.3 Å². The van der Waals surface area contributed by atoms with Crippen LogP contribution in [0.1, 0.15) is 67.8 Å². The molecule has 2 aliphatic heterocycles. The largest absolute Gasteiger partial charge is 0.371 e. The Bertz CT molecular complexity index is 1300. The minimum absolute atomic E-state index is 0.105. The smallest absolute Gasteiger partial charge is 0.196 e. The number of piperidine rings is 1. The molecule has 3 fully saturated rings. The lowest BCUT2D eigenvalue weighted by Gasteiger charge is -2.42. The summed E-state index contributed by atoms with van der Waals surface area (Å²) in [6.07, 6.45) is 9.27.